The fourth-order valence-electron chi connectivity index (χ4n) is 4.49. The molecule has 1 saturated carbocycles. The van der Waals surface area contributed by atoms with E-state index >= 15 is 0 Å². The highest BCUT2D eigenvalue weighted by molar-refractivity contribution is 6.07. The van der Waals surface area contributed by atoms with Crippen LogP contribution in [0.3, 0.4) is 0 Å². The molecule has 0 saturated heterocycles. The van der Waals surface area contributed by atoms with Gasteiger partial charge in [0.25, 0.3) is 5.91 Å². The van der Waals surface area contributed by atoms with Crippen molar-refractivity contribution in [1.82, 2.24) is 20.6 Å². The zero-order valence-corrected chi connectivity index (χ0v) is 19.8. The number of hydrogen-bond acceptors (Lipinski definition) is 5. The van der Waals surface area contributed by atoms with Crippen LogP contribution in [0.1, 0.15) is 49.9 Å². The molecular weight excluding hydrogens is 428 g/mol. The molecule has 1 aromatic carbocycles. The van der Waals surface area contributed by atoms with Crippen molar-refractivity contribution in [2.75, 3.05) is 13.1 Å². The number of ether oxygens (including phenoxy) is 1. The Morgan fingerprint density at radius 3 is 2.29 bits per heavy atom. The predicted molar refractivity (Wildman–Crippen MR) is 132 cm³/mol. The fourth-order valence-corrected chi connectivity index (χ4v) is 4.49. The smallest absolute Gasteiger partial charge is 0.407 e. The van der Waals surface area contributed by atoms with E-state index in [4.69, 9.17) is 9.72 Å². The Bertz CT molecular complexity index is 1130. The second-order valence-electron chi connectivity index (χ2n) is 9.24. The number of nitrogens with one attached hydrogen (secondary N) is 2. The Balaban J connectivity index is 1.35. The van der Waals surface area contributed by atoms with Crippen LogP contribution in [0.2, 0.25) is 0 Å². The summed E-state index contributed by atoms with van der Waals surface area (Å²) in [6, 6.07) is 13.4. The molecule has 2 N–H and O–H groups in total. The average molecular weight is 461 g/mol. The van der Waals surface area contributed by atoms with Gasteiger partial charge >= 0.3 is 6.09 Å². The van der Waals surface area contributed by atoms with Gasteiger partial charge in [0.15, 0.2) is 0 Å². The molecule has 1 aliphatic rings. The van der Waals surface area contributed by atoms with Crippen LogP contribution in [0, 0.1) is 11.8 Å². The molecule has 34 heavy (non-hydrogen) atoms. The van der Waals surface area contributed by atoms with E-state index in [9.17, 15) is 9.59 Å². The molecule has 1 aliphatic carbocycles. The van der Waals surface area contributed by atoms with E-state index in [1.165, 1.54) is 0 Å². The van der Waals surface area contributed by atoms with Gasteiger partial charge in [0.2, 0.25) is 0 Å². The number of benzene rings is 1. The van der Waals surface area contributed by atoms with Crippen molar-refractivity contribution < 1.29 is 14.3 Å². The van der Waals surface area contributed by atoms with Gasteiger partial charge in [-0.05, 0) is 75.6 Å². The van der Waals surface area contributed by atoms with Crippen LogP contribution >= 0.6 is 0 Å². The van der Waals surface area contributed by atoms with Gasteiger partial charge in [-0.1, -0.05) is 18.2 Å². The molecule has 0 bridgehead atoms. The highest BCUT2D eigenvalue weighted by Crippen LogP contribution is 2.29. The molecule has 2 amide bonds. The molecule has 7 heteroatoms. The SMILES string of the molecule is CC(C)OC(=O)NC[C@H]1CC[C@H](CNC(=O)c2cc(-c3ccncc3)nc3ccccc23)CC1. The van der Waals surface area contributed by atoms with Crippen LogP contribution in [0.25, 0.3) is 22.2 Å². The molecule has 0 atom stereocenters. The minimum atomic E-state index is -0.347. The first-order valence-corrected chi connectivity index (χ1v) is 12.0. The van der Waals surface area contributed by atoms with Gasteiger partial charge in [0.1, 0.15) is 0 Å². The Morgan fingerprint density at radius 2 is 1.62 bits per heavy atom. The number of para-hydroxylation sites is 1. The zero-order valence-electron chi connectivity index (χ0n) is 19.8. The predicted octanol–water partition coefficient (Wildman–Crippen LogP) is 4.97. The van der Waals surface area contributed by atoms with Crippen LogP contribution in [0.4, 0.5) is 4.79 Å². The van der Waals surface area contributed by atoms with Crippen molar-refractivity contribution in [3.63, 3.8) is 0 Å². The lowest BCUT2D eigenvalue weighted by molar-refractivity contribution is 0.0940. The molecule has 2 heterocycles. The minimum Gasteiger partial charge on any atom is -0.447 e. The third-order valence-electron chi connectivity index (χ3n) is 6.33. The van der Waals surface area contributed by atoms with Crippen molar-refractivity contribution in [1.29, 1.82) is 0 Å². The number of pyridine rings is 2. The van der Waals surface area contributed by atoms with Crippen molar-refractivity contribution in [3.05, 3.63) is 60.4 Å². The van der Waals surface area contributed by atoms with E-state index in [1.807, 2.05) is 56.3 Å². The molecule has 0 aliphatic heterocycles. The number of carbonyl (C=O) groups is 2. The molecule has 0 unspecified atom stereocenters. The first kappa shape index (κ1) is 23.7. The molecule has 0 radical (unpaired) electrons. The topological polar surface area (TPSA) is 93.2 Å². The van der Waals surface area contributed by atoms with Gasteiger partial charge in [0.05, 0.1) is 22.9 Å². The van der Waals surface area contributed by atoms with E-state index in [0.717, 1.165) is 47.8 Å². The summed E-state index contributed by atoms with van der Waals surface area (Å²) in [5.41, 5.74) is 3.12. The molecule has 178 valence electrons. The number of fused-ring (bicyclic) bond motifs is 1. The summed E-state index contributed by atoms with van der Waals surface area (Å²) in [6.45, 7) is 4.97. The number of rotatable bonds is 7. The average Bonchev–Trinajstić information content (AvgIpc) is 2.86. The van der Waals surface area contributed by atoms with Gasteiger partial charge in [-0.3, -0.25) is 9.78 Å². The largest absolute Gasteiger partial charge is 0.447 e. The molecule has 0 spiro atoms. The van der Waals surface area contributed by atoms with Crippen molar-refractivity contribution >= 4 is 22.9 Å². The molecule has 7 nitrogen and oxygen atoms in total. The maximum atomic E-state index is 13.2. The van der Waals surface area contributed by atoms with Gasteiger partial charge < -0.3 is 15.4 Å². The minimum absolute atomic E-state index is 0.0749. The third-order valence-corrected chi connectivity index (χ3v) is 6.33. The number of nitrogens with zero attached hydrogens (tertiary/aromatic N) is 2. The Hall–Kier alpha value is -3.48. The molecule has 2 aromatic heterocycles. The monoisotopic (exact) mass is 460 g/mol. The molecule has 3 aromatic rings. The van der Waals surface area contributed by atoms with Crippen LogP contribution in [0.15, 0.2) is 54.9 Å². The van der Waals surface area contributed by atoms with Crippen molar-refractivity contribution in [2.24, 2.45) is 11.8 Å². The Labute approximate surface area is 200 Å². The van der Waals surface area contributed by atoms with Crippen LogP contribution in [0.5, 0.6) is 0 Å². The Morgan fingerprint density at radius 1 is 0.971 bits per heavy atom. The maximum absolute atomic E-state index is 13.2. The number of hydrogen-bond donors (Lipinski definition) is 2. The van der Waals surface area contributed by atoms with Gasteiger partial charge in [0, 0.05) is 36.4 Å². The highest BCUT2D eigenvalue weighted by atomic mass is 16.6. The summed E-state index contributed by atoms with van der Waals surface area (Å²) in [6.07, 6.45) is 7.13. The summed E-state index contributed by atoms with van der Waals surface area (Å²) in [5.74, 6) is 0.823. The van der Waals surface area contributed by atoms with E-state index in [0.29, 0.717) is 30.5 Å². The van der Waals surface area contributed by atoms with Crippen molar-refractivity contribution in [3.8, 4) is 11.3 Å². The number of carbonyl (C=O) groups excluding carboxylic acids is 2. The molecular formula is C27H32N4O3. The lowest BCUT2D eigenvalue weighted by atomic mass is 9.82. The van der Waals surface area contributed by atoms with Crippen LogP contribution in [-0.2, 0) is 4.74 Å². The molecule has 4 rings (SSSR count). The second-order valence-corrected chi connectivity index (χ2v) is 9.24. The first-order valence-electron chi connectivity index (χ1n) is 12.0. The van der Waals surface area contributed by atoms with E-state index in [1.54, 1.807) is 12.4 Å². The fraction of sp³-hybridized carbons (Fsp3) is 0.407. The summed E-state index contributed by atoms with van der Waals surface area (Å²) in [5, 5.41) is 6.87. The van der Waals surface area contributed by atoms with Crippen molar-refractivity contribution in [2.45, 2.75) is 45.6 Å². The Kier molecular flexibility index (Phi) is 7.72. The van der Waals surface area contributed by atoms with E-state index in [2.05, 4.69) is 15.6 Å². The zero-order chi connectivity index (χ0) is 23.9. The first-order chi connectivity index (χ1) is 16.5. The number of alkyl carbamates (subject to hydrolysis) is 1. The maximum Gasteiger partial charge on any atom is 0.407 e. The lowest BCUT2D eigenvalue weighted by Gasteiger charge is -2.28. The van der Waals surface area contributed by atoms with E-state index in [-0.39, 0.29) is 18.1 Å². The van der Waals surface area contributed by atoms with Crippen LogP contribution in [-0.4, -0.2) is 41.2 Å². The number of aromatic nitrogens is 2. The second kappa shape index (κ2) is 11.1. The third kappa shape index (κ3) is 6.10. The van der Waals surface area contributed by atoms with E-state index < -0.39 is 0 Å². The summed E-state index contributed by atoms with van der Waals surface area (Å²) >= 11 is 0. The quantitative estimate of drug-likeness (QED) is 0.519. The summed E-state index contributed by atoms with van der Waals surface area (Å²) in [4.78, 5) is 33.7. The number of amides is 2. The normalized spacial score (nSPS) is 18.0. The molecule has 1 fully saturated rings. The highest BCUT2D eigenvalue weighted by Gasteiger charge is 2.23. The van der Waals surface area contributed by atoms with Gasteiger partial charge in [-0.2, -0.15) is 0 Å². The standard InChI is InChI=1S/C27H32N4O3/c1-18(2)34-27(33)30-17-20-9-7-19(8-10-20)16-29-26(32)23-15-25(21-11-13-28-14-12-21)31-24-6-4-3-5-22(23)24/h3-6,11-15,18-20H,7-10,16-17H2,1-2H3,(H,29,32)(H,30,33)/t19-,20-. The van der Waals surface area contributed by atoms with Gasteiger partial charge in [-0.25, -0.2) is 9.78 Å². The van der Waals surface area contributed by atoms with Gasteiger partial charge in [-0.15, -0.1) is 0 Å². The summed E-state index contributed by atoms with van der Waals surface area (Å²) < 4.78 is 5.13. The van der Waals surface area contributed by atoms with Crippen LogP contribution < -0.4 is 10.6 Å². The summed E-state index contributed by atoms with van der Waals surface area (Å²) in [7, 11) is 0. The lowest BCUT2D eigenvalue weighted by Crippen LogP contribution is -2.35.